The van der Waals surface area contributed by atoms with Crippen molar-refractivity contribution in [3.63, 3.8) is 0 Å². The quantitative estimate of drug-likeness (QED) is 0.752. The first kappa shape index (κ1) is 14.2. The number of rotatable bonds is 5. The number of carbonyl (C=O) groups excluding carboxylic acids is 1. The standard InChI is InChI=1S/C14H17NO3/c1-18-9-7-14(17)15-11-13-5-2-4-12(10-13)6-3-8-16/h2,4-5,10,16H,7-9,11H2,1H3,(H,15,17). The van der Waals surface area contributed by atoms with Crippen molar-refractivity contribution in [3.05, 3.63) is 35.4 Å². The molecule has 96 valence electrons. The van der Waals surface area contributed by atoms with Crippen LogP contribution in [0.15, 0.2) is 24.3 Å². The number of aliphatic hydroxyl groups excluding tert-OH is 1. The highest BCUT2D eigenvalue weighted by molar-refractivity contribution is 5.75. The Balaban J connectivity index is 2.49. The molecule has 0 radical (unpaired) electrons. The third kappa shape index (κ3) is 5.48. The highest BCUT2D eigenvalue weighted by Crippen LogP contribution is 2.03. The van der Waals surface area contributed by atoms with Crippen LogP contribution in [-0.2, 0) is 16.1 Å². The molecule has 0 aliphatic carbocycles. The third-order valence-corrected chi connectivity index (χ3v) is 2.26. The Morgan fingerprint density at radius 2 is 2.33 bits per heavy atom. The number of carbonyl (C=O) groups is 1. The van der Waals surface area contributed by atoms with Crippen LogP contribution >= 0.6 is 0 Å². The van der Waals surface area contributed by atoms with Gasteiger partial charge in [-0.25, -0.2) is 0 Å². The zero-order chi connectivity index (χ0) is 13.2. The number of amides is 1. The van der Waals surface area contributed by atoms with Crippen molar-refractivity contribution < 1.29 is 14.6 Å². The molecule has 0 unspecified atom stereocenters. The monoisotopic (exact) mass is 247 g/mol. The van der Waals surface area contributed by atoms with Crippen LogP contribution < -0.4 is 5.32 Å². The topological polar surface area (TPSA) is 58.6 Å². The summed E-state index contributed by atoms with van der Waals surface area (Å²) in [7, 11) is 1.57. The van der Waals surface area contributed by atoms with Gasteiger partial charge < -0.3 is 15.2 Å². The van der Waals surface area contributed by atoms with Crippen LogP contribution in [0.3, 0.4) is 0 Å². The summed E-state index contributed by atoms with van der Waals surface area (Å²) in [4.78, 5) is 11.4. The van der Waals surface area contributed by atoms with Crippen molar-refractivity contribution in [2.75, 3.05) is 20.3 Å². The smallest absolute Gasteiger partial charge is 0.222 e. The minimum absolute atomic E-state index is 0.0382. The first-order valence-electron chi connectivity index (χ1n) is 5.70. The molecule has 1 aromatic rings. The minimum Gasteiger partial charge on any atom is -0.384 e. The number of hydrogen-bond acceptors (Lipinski definition) is 3. The van der Waals surface area contributed by atoms with Crippen molar-refractivity contribution in [1.82, 2.24) is 5.32 Å². The van der Waals surface area contributed by atoms with Gasteiger partial charge in [0.15, 0.2) is 0 Å². The SMILES string of the molecule is COCCC(=O)NCc1cccc(C#CCO)c1. The summed E-state index contributed by atoms with van der Waals surface area (Å²) < 4.78 is 4.83. The maximum absolute atomic E-state index is 11.4. The second-order valence-electron chi connectivity index (χ2n) is 3.68. The Morgan fingerprint density at radius 3 is 3.06 bits per heavy atom. The number of hydrogen-bond donors (Lipinski definition) is 2. The lowest BCUT2D eigenvalue weighted by Crippen LogP contribution is -2.23. The van der Waals surface area contributed by atoms with Crippen molar-refractivity contribution in [1.29, 1.82) is 0 Å². The molecule has 0 aromatic heterocycles. The number of aliphatic hydroxyl groups is 1. The van der Waals surface area contributed by atoms with Gasteiger partial charge in [0.05, 0.1) is 6.61 Å². The van der Waals surface area contributed by atoms with Crippen LogP contribution in [0.1, 0.15) is 17.5 Å². The van der Waals surface area contributed by atoms with Crippen molar-refractivity contribution in [2.24, 2.45) is 0 Å². The molecule has 18 heavy (non-hydrogen) atoms. The normalized spacial score (nSPS) is 9.44. The molecule has 4 nitrogen and oxygen atoms in total. The third-order valence-electron chi connectivity index (χ3n) is 2.26. The van der Waals surface area contributed by atoms with Crippen molar-refractivity contribution >= 4 is 5.91 Å². The molecule has 1 rings (SSSR count). The van der Waals surface area contributed by atoms with E-state index in [9.17, 15) is 4.79 Å². The zero-order valence-electron chi connectivity index (χ0n) is 10.4. The molecule has 0 saturated heterocycles. The Kier molecular flexibility index (Phi) is 6.55. The summed E-state index contributed by atoms with van der Waals surface area (Å²) >= 11 is 0. The molecule has 0 aliphatic rings. The molecular weight excluding hydrogens is 230 g/mol. The van der Waals surface area contributed by atoms with Gasteiger partial charge in [0.2, 0.25) is 5.91 Å². The lowest BCUT2D eigenvalue weighted by molar-refractivity contribution is -0.122. The van der Waals surface area contributed by atoms with Crippen LogP contribution in [0, 0.1) is 11.8 Å². The fourth-order valence-electron chi connectivity index (χ4n) is 1.38. The van der Waals surface area contributed by atoms with Gasteiger partial charge in [-0.3, -0.25) is 4.79 Å². The minimum atomic E-state index is -0.155. The average molecular weight is 247 g/mol. The Labute approximate surface area is 107 Å². The number of nitrogens with one attached hydrogen (secondary N) is 1. The second kappa shape index (κ2) is 8.29. The molecule has 0 atom stereocenters. The van der Waals surface area contributed by atoms with Gasteiger partial charge in [-0.1, -0.05) is 24.0 Å². The van der Waals surface area contributed by atoms with Gasteiger partial charge in [-0.2, -0.15) is 0 Å². The number of benzene rings is 1. The lowest BCUT2D eigenvalue weighted by atomic mass is 10.1. The van der Waals surface area contributed by atoms with Crippen LogP contribution in [0.4, 0.5) is 0 Å². The summed E-state index contributed by atoms with van der Waals surface area (Å²) in [5, 5.41) is 11.4. The fraction of sp³-hybridized carbons (Fsp3) is 0.357. The molecule has 0 fully saturated rings. The first-order valence-corrected chi connectivity index (χ1v) is 5.70. The Bertz CT molecular complexity index is 446. The van der Waals surface area contributed by atoms with E-state index >= 15 is 0 Å². The molecule has 1 aromatic carbocycles. The molecule has 0 spiro atoms. The van der Waals surface area contributed by atoms with Gasteiger partial charge >= 0.3 is 0 Å². The van der Waals surface area contributed by atoms with Crippen LogP contribution in [0.5, 0.6) is 0 Å². The molecule has 0 bridgehead atoms. The van der Waals surface area contributed by atoms with E-state index in [-0.39, 0.29) is 12.5 Å². The van der Waals surface area contributed by atoms with Crippen LogP contribution in [0.25, 0.3) is 0 Å². The van der Waals surface area contributed by atoms with Gasteiger partial charge in [0.25, 0.3) is 0 Å². The maximum Gasteiger partial charge on any atom is 0.222 e. The summed E-state index contributed by atoms with van der Waals surface area (Å²) in [6.45, 7) is 0.739. The van der Waals surface area contributed by atoms with Gasteiger partial charge in [0, 0.05) is 25.6 Å². The largest absolute Gasteiger partial charge is 0.384 e. The predicted octanol–water partition coefficient (Wildman–Crippen LogP) is 0.683. The molecule has 1 amide bonds. The van der Waals surface area contributed by atoms with Gasteiger partial charge in [-0.05, 0) is 17.7 Å². The first-order chi connectivity index (χ1) is 8.76. The van der Waals surface area contributed by atoms with E-state index in [4.69, 9.17) is 9.84 Å². The highest BCUT2D eigenvalue weighted by atomic mass is 16.5. The molecule has 0 saturated carbocycles. The van der Waals surface area contributed by atoms with Crippen molar-refractivity contribution in [2.45, 2.75) is 13.0 Å². The zero-order valence-corrected chi connectivity index (χ0v) is 10.4. The van der Waals surface area contributed by atoms with E-state index in [0.29, 0.717) is 19.6 Å². The van der Waals surface area contributed by atoms with E-state index in [0.717, 1.165) is 11.1 Å². The second-order valence-corrected chi connectivity index (χ2v) is 3.68. The number of ether oxygens (including phenoxy) is 1. The molecule has 2 N–H and O–H groups in total. The summed E-state index contributed by atoms with van der Waals surface area (Å²) in [5.41, 5.74) is 1.80. The maximum atomic E-state index is 11.4. The predicted molar refractivity (Wildman–Crippen MR) is 68.7 cm³/mol. The summed E-state index contributed by atoms with van der Waals surface area (Å²) in [5.74, 6) is 5.37. The summed E-state index contributed by atoms with van der Waals surface area (Å²) in [6.07, 6.45) is 0.362. The fourth-order valence-corrected chi connectivity index (χ4v) is 1.38. The van der Waals surface area contributed by atoms with Gasteiger partial charge in [0.1, 0.15) is 6.61 Å². The lowest BCUT2D eigenvalue weighted by Gasteiger charge is -2.05. The Morgan fingerprint density at radius 1 is 1.50 bits per heavy atom. The molecule has 0 heterocycles. The van der Waals surface area contributed by atoms with Gasteiger partial charge in [-0.15, -0.1) is 0 Å². The molecular formula is C14H17NO3. The highest BCUT2D eigenvalue weighted by Gasteiger charge is 2.00. The van der Waals surface area contributed by atoms with E-state index < -0.39 is 0 Å². The summed E-state index contributed by atoms with van der Waals surface area (Å²) in [6, 6.07) is 7.54. The van der Waals surface area contributed by atoms with E-state index in [2.05, 4.69) is 17.2 Å². The molecule has 0 aliphatic heterocycles. The van der Waals surface area contributed by atoms with E-state index in [1.807, 2.05) is 24.3 Å². The van der Waals surface area contributed by atoms with Crippen LogP contribution in [-0.4, -0.2) is 31.3 Å². The van der Waals surface area contributed by atoms with Crippen LogP contribution in [0.2, 0.25) is 0 Å². The van der Waals surface area contributed by atoms with E-state index in [1.165, 1.54) is 0 Å². The Hall–Kier alpha value is -1.83. The average Bonchev–Trinajstić information content (AvgIpc) is 2.41. The van der Waals surface area contributed by atoms with Crippen molar-refractivity contribution in [3.8, 4) is 11.8 Å². The number of methoxy groups -OCH3 is 1. The van der Waals surface area contributed by atoms with E-state index in [1.54, 1.807) is 7.11 Å². The molecule has 4 heteroatoms.